The summed E-state index contributed by atoms with van der Waals surface area (Å²) in [5, 5.41) is 0. The molecule has 0 aliphatic carbocycles. The maximum Gasteiger partial charge on any atom is 0.315 e. The molecule has 1 saturated heterocycles. The van der Waals surface area contributed by atoms with Crippen LogP contribution in [0.1, 0.15) is 42.3 Å². The third-order valence-electron chi connectivity index (χ3n) is 4.74. The first-order valence-electron chi connectivity index (χ1n) is 8.58. The summed E-state index contributed by atoms with van der Waals surface area (Å²) in [6, 6.07) is 13.9. The van der Waals surface area contributed by atoms with E-state index in [1.165, 1.54) is 26.4 Å². The second-order valence-electron chi connectivity index (χ2n) is 6.24. The van der Waals surface area contributed by atoms with E-state index in [1.54, 1.807) is 6.20 Å². The van der Waals surface area contributed by atoms with Crippen molar-refractivity contribution < 1.29 is 9.53 Å². The lowest BCUT2D eigenvalue weighted by Crippen LogP contribution is -2.39. The van der Waals surface area contributed by atoms with Crippen LogP contribution >= 0.6 is 0 Å². The summed E-state index contributed by atoms with van der Waals surface area (Å²) in [4.78, 5) is 19.4. The lowest BCUT2D eigenvalue weighted by Gasteiger charge is -2.38. The first-order chi connectivity index (χ1) is 11.8. The fourth-order valence-electron chi connectivity index (χ4n) is 3.60. The van der Waals surface area contributed by atoms with Gasteiger partial charge in [0, 0.05) is 12.4 Å². The average molecular weight is 324 g/mol. The quantitative estimate of drug-likeness (QED) is 0.789. The number of likely N-dealkylation sites (tertiary alicyclic amines) is 1. The number of aromatic nitrogens is 1. The number of esters is 1. The highest BCUT2D eigenvalue weighted by atomic mass is 16.5. The molecule has 2 unspecified atom stereocenters. The topological polar surface area (TPSA) is 42.4 Å². The van der Waals surface area contributed by atoms with E-state index in [2.05, 4.69) is 16.0 Å². The van der Waals surface area contributed by atoms with Crippen molar-refractivity contribution in [2.24, 2.45) is 0 Å². The zero-order valence-corrected chi connectivity index (χ0v) is 14.1. The number of carbonyl (C=O) groups is 1. The number of piperidine rings is 1. The lowest BCUT2D eigenvalue weighted by atomic mass is 9.85. The molecule has 0 spiro atoms. The van der Waals surface area contributed by atoms with Gasteiger partial charge in [-0.15, -0.1) is 0 Å². The van der Waals surface area contributed by atoms with Gasteiger partial charge in [-0.25, -0.2) is 0 Å². The van der Waals surface area contributed by atoms with Crippen molar-refractivity contribution >= 4 is 5.97 Å². The van der Waals surface area contributed by atoms with E-state index >= 15 is 0 Å². The number of hydrogen-bond donors (Lipinski definition) is 0. The van der Waals surface area contributed by atoms with E-state index in [9.17, 15) is 4.79 Å². The Hall–Kier alpha value is -2.20. The summed E-state index contributed by atoms with van der Waals surface area (Å²) in [5.74, 6) is -0.542. The first-order valence-corrected chi connectivity index (χ1v) is 8.58. The standard InChI is InChI=1S/C20H24N2O2/c1-24-20(23)18(16-9-4-2-5-10-16)19(17-11-8-12-21-15-17)22-13-6-3-7-14-22/h2,4-5,8-12,15,18-19H,3,6-7,13-14H2,1H3. The zero-order valence-electron chi connectivity index (χ0n) is 14.1. The summed E-state index contributed by atoms with van der Waals surface area (Å²) in [6.45, 7) is 2.00. The number of pyridine rings is 1. The number of carbonyl (C=O) groups excluding carboxylic acids is 1. The number of methoxy groups -OCH3 is 1. The Morgan fingerprint density at radius 3 is 2.38 bits per heavy atom. The monoisotopic (exact) mass is 324 g/mol. The van der Waals surface area contributed by atoms with Crippen molar-refractivity contribution in [3.8, 4) is 0 Å². The van der Waals surface area contributed by atoms with E-state index in [1.807, 2.05) is 42.6 Å². The highest BCUT2D eigenvalue weighted by Crippen LogP contribution is 2.38. The Bertz CT molecular complexity index is 639. The Balaban J connectivity index is 2.04. The van der Waals surface area contributed by atoms with Crippen LogP contribution in [0.15, 0.2) is 54.9 Å². The van der Waals surface area contributed by atoms with Crippen molar-refractivity contribution in [3.63, 3.8) is 0 Å². The van der Waals surface area contributed by atoms with E-state index in [0.717, 1.165) is 24.2 Å². The molecule has 1 fully saturated rings. The van der Waals surface area contributed by atoms with Gasteiger partial charge in [0.2, 0.25) is 0 Å². The number of benzene rings is 1. The lowest BCUT2D eigenvalue weighted by molar-refractivity contribution is -0.144. The van der Waals surface area contributed by atoms with Crippen LogP contribution in [0.25, 0.3) is 0 Å². The molecule has 2 heterocycles. The molecule has 1 aliphatic rings. The molecular formula is C20H24N2O2. The minimum atomic E-state index is -0.349. The molecule has 0 saturated carbocycles. The van der Waals surface area contributed by atoms with Gasteiger partial charge in [0.05, 0.1) is 13.2 Å². The molecule has 0 N–H and O–H groups in total. The Morgan fingerprint density at radius 1 is 1.04 bits per heavy atom. The van der Waals surface area contributed by atoms with Crippen LogP contribution in [0.2, 0.25) is 0 Å². The second kappa shape index (κ2) is 8.06. The van der Waals surface area contributed by atoms with Crippen molar-refractivity contribution in [2.75, 3.05) is 20.2 Å². The Morgan fingerprint density at radius 2 is 1.75 bits per heavy atom. The minimum Gasteiger partial charge on any atom is -0.468 e. The normalized spacial score (nSPS) is 17.9. The molecular weight excluding hydrogens is 300 g/mol. The summed E-state index contributed by atoms with van der Waals surface area (Å²) in [6.07, 6.45) is 7.23. The summed E-state index contributed by atoms with van der Waals surface area (Å²) < 4.78 is 5.17. The van der Waals surface area contributed by atoms with Crippen LogP contribution < -0.4 is 0 Å². The Labute approximate surface area is 143 Å². The van der Waals surface area contributed by atoms with Gasteiger partial charge in [-0.1, -0.05) is 42.8 Å². The highest BCUT2D eigenvalue weighted by molar-refractivity contribution is 5.79. The number of rotatable bonds is 5. The molecule has 4 nitrogen and oxygen atoms in total. The van der Waals surface area contributed by atoms with E-state index in [-0.39, 0.29) is 17.9 Å². The second-order valence-corrected chi connectivity index (χ2v) is 6.24. The van der Waals surface area contributed by atoms with Gasteiger partial charge in [-0.05, 0) is 43.1 Å². The predicted molar refractivity (Wildman–Crippen MR) is 93.6 cm³/mol. The molecule has 1 aromatic carbocycles. The molecule has 24 heavy (non-hydrogen) atoms. The summed E-state index contributed by atoms with van der Waals surface area (Å²) in [5.41, 5.74) is 2.06. The fraction of sp³-hybridized carbons (Fsp3) is 0.400. The molecule has 1 aromatic heterocycles. The molecule has 2 atom stereocenters. The molecule has 0 radical (unpaired) electrons. The fourth-order valence-corrected chi connectivity index (χ4v) is 3.60. The van der Waals surface area contributed by atoms with E-state index in [0.29, 0.717) is 0 Å². The Kier molecular flexibility index (Phi) is 5.59. The van der Waals surface area contributed by atoms with Crippen molar-refractivity contribution in [1.82, 2.24) is 9.88 Å². The average Bonchev–Trinajstić information content (AvgIpc) is 2.67. The van der Waals surface area contributed by atoms with Crippen molar-refractivity contribution in [3.05, 3.63) is 66.0 Å². The van der Waals surface area contributed by atoms with Crippen LogP contribution in [0, 0.1) is 0 Å². The number of hydrogen-bond acceptors (Lipinski definition) is 4. The molecule has 126 valence electrons. The van der Waals surface area contributed by atoms with Gasteiger partial charge < -0.3 is 4.74 Å². The zero-order chi connectivity index (χ0) is 16.8. The van der Waals surface area contributed by atoms with Crippen molar-refractivity contribution in [1.29, 1.82) is 0 Å². The van der Waals surface area contributed by atoms with E-state index < -0.39 is 0 Å². The van der Waals surface area contributed by atoms with Gasteiger partial charge in [0.1, 0.15) is 5.92 Å². The van der Waals surface area contributed by atoms with Gasteiger partial charge in [-0.3, -0.25) is 14.7 Å². The first kappa shape index (κ1) is 16.7. The molecule has 4 heteroatoms. The van der Waals surface area contributed by atoms with Crippen LogP contribution in [0.3, 0.4) is 0 Å². The largest absolute Gasteiger partial charge is 0.468 e. The van der Waals surface area contributed by atoms with Crippen LogP contribution in [0.5, 0.6) is 0 Å². The summed E-state index contributed by atoms with van der Waals surface area (Å²) in [7, 11) is 1.47. The van der Waals surface area contributed by atoms with Crippen LogP contribution in [0.4, 0.5) is 0 Å². The third-order valence-corrected chi connectivity index (χ3v) is 4.74. The highest BCUT2D eigenvalue weighted by Gasteiger charge is 2.36. The van der Waals surface area contributed by atoms with Crippen LogP contribution in [-0.4, -0.2) is 36.1 Å². The predicted octanol–water partition coefficient (Wildman–Crippen LogP) is 3.57. The molecule has 0 amide bonds. The van der Waals surface area contributed by atoms with E-state index in [4.69, 9.17) is 4.74 Å². The summed E-state index contributed by atoms with van der Waals surface area (Å²) >= 11 is 0. The molecule has 1 aliphatic heterocycles. The van der Waals surface area contributed by atoms with Gasteiger partial charge >= 0.3 is 5.97 Å². The molecule has 3 rings (SSSR count). The third kappa shape index (κ3) is 3.65. The van der Waals surface area contributed by atoms with Gasteiger partial charge in [0.15, 0.2) is 0 Å². The van der Waals surface area contributed by atoms with Gasteiger partial charge in [-0.2, -0.15) is 0 Å². The molecule has 0 bridgehead atoms. The molecule has 2 aromatic rings. The maximum absolute atomic E-state index is 12.7. The maximum atomic E-state index is 12.7. The van der Waals surface area contributed by atoms with Crippen molar-refractivity contribution in [2.45, 2.75) is 31.2 Å². The number of ether oxygens (including phenoxy) is 1. The number of nitrogens with zero attached hydrogens (tertiary/aromatic N) is 2. The smallest absolute Gasteiger partial charge is 0.315 e. The van der Waals surface area contributed by atoms with Crippen LogP contribution in [-0.2, 0) is 9.53 Å². The van der Waals surface area contributed by atoms with Gasteiger partial charge in [0.25, 0.3) is 0 Å². The SMILES string of the molecule is COC(=O)C(c1ccccc1)C(c1cccnc1)N1CCCCC1. The minimum absolute atomic E-state index is 0.0474.